The summed E-state index contributed by atoms with van der Waals surface area (Å²) in [5.74, 6) is -5.39. The van der Waals surface area contributed by atoms with E-state index in [1.165, 1.54) is 0 Å². The van der Waals surface area contributed by atoms with E-state index in [2.05, 4.69) is 6.13 Å². The summed E-state index contributed by atoms with van der Waals surface area (Å²) >= 11 is -2.90. The second-order valence-electron chi connectivity index (χ2n) is 1.81. The molecule has 0 aromatic carbocycles. The molecule has 0 aromatic heterocycles. The molecule has 0 aromatic rings. The molecule has 0 fully saturated rings. The molecule has 0 aliphatic carbocycles. The van der Waals surface area contributed by atoms with Crippen LogP contribution in [0.3, 0.4) is 0 Å². The fraction of sp³-hybridized carbons (Fsp3) is 0.500. The molecule has 0 saturated heterocycles. The Labute approximate surface area is 88.9 Å². The molecule has 0 atom stereocenters. The first-order valence-corrected chi connectivity index (χ1v) is 4.69. The summed E-state index contributed by atoms with van der Waals surface area (Å²) in [7, 11) is 0. The first-order chi connectivity index (χ1) is 6.55. The molecule has 0 N–H and O–H groups in total. The topological polar surface area (TPSA) is 52.6 Å². The van der Waals surface area contributed by atoms with E-state index in [1.807, 2.05) is 0 Å². The predicted octanol–water partition coefficient (Wildman–Crippen LogP) is 1.73. The normalized spacial score (nSPS) is 12.4. The number of halogens is 7. The molecule has 0 heterocycles. The number of carbonyl (C=O) groups is 2. The SMILES string of the molecule is O=C(O[IH]OC(=O)C(F)(F)F)C(F)(F)F. The molecule has 0 aliphatic heterocycles. The summed E-state index contributed by atoms with van der Waals surface area (Å²) in [6.07, 6.45) is -10.6. The molecule has 0 bridgehead atoms. The van der Waals surface area contributed by atoms with Crippen molar-refractivity contribution < 1.29 is 42.1 Å². The first kappa shape index (κ1) is 14.2. The van der Waals surface area contributed by atoms with Crippen LogP contribution in [0.4, 0.5) is 26.3 Å². The van der Waals surface area contributed by atoms with E-state index in [0.717, 1.165) is 0 Å². The number of hydrogen-bond acceptors (Lipinski definition) is 4. The number of carbonyl (C=O) groups excluding carboxylic acids is 2. The van der Waals surface area contributed by atoms with Crippen molar-refractivity contribution in [2.75, 3.05) is 0 Å². The van der Waals surface area contributed by atoms with Crippen LogP contribution < -0.4 is 0 Å². The van der Waals surface area contributed by atoms with Crippen LogP contribution in [0.2, 0.25) is 0 Å². The number of alkyl halides is 6. The van der Waals surface area contributed by atoms with Crippen LogP contribution in [0.1, 0.15) is 0 Å². The molecule has 11 heteroatoms. The quantitative estimate of drug-likeness (QED) is 0.560. The summed E-state index contributed by atoms with van der Waals surface area (Å²) in [5, 5.41) is 0. The van der Waals surface area contributed by atoms with Gasteiger partial charge < -0.3 is 0 Å². The minimum absolute atomic E-state index is 2.69. The van der Waals surface area contributed by atoms with Crippen molar-refractivity contribution in [2.24, 2.45) is 0 Å². The Balaban J connectivity index is 3.92. The minimum atomic E-state index is -5.32. The average molecular weight is 354 g/mol. The Morgan fingerprint density at radius 2 is 1.07 bits per heavy atom. The molecular weight excluding hydrogens is 353 g/mol. The molecule has 0 rings (SSSR count). The molecule has 90 valence electrons. The maximum absolute atomic E-state index is 11.4. The molecular formula is C4HF6IO4. The standard InChI is InChI=1S/C4HF6IO4/c5-3(6,7)1(12)14-11-15-2(13)4(8,9)10/h11H. The van der Waals surface area contributed by atoms with Gasteiger partial charge in [0.05, 0.1) is 0 Å². The molecule has 0 spiro atoms. The second-order valence-corrected chi connectivity index (χ2v) is 3.14. The van der Waals surface area contributed by atoms with Gasteiger partial charge in [0.2, 0.25) is 0 Å². The van der Waals surface area contributed by atoms with Gasteiger partial charge in [-0.05, 0) is 0 Å². The van der Waals surface area contributed by atoms with E-state index in [-0.39, 0.29) is 0 Å². The maximum atomic E-state index is 11.4. The Kier molecular flexibility index (Phi) is 4.61. The van der Waals surface area contributed by atoms with Gasteiger partial charge in [0, 0.05) is 0 Å². The predicted molar refractivity (Wildman–Crippen MR) is 39.7 cm³/mol. The van der Waals surface area contributed by atoms with Crippen molar-refractivity contribution in [3.8, 4) is 0 Å². The van der Waals surface area contributed by atoms with Gasteiger partial charge in [-0.25, -0.2) is 0 Å². The fourth-order valence-corrected chi connectivity index (χ4v) is 1.16. The number of hydrogen-bond donors (Lipinski definition) is 0. The summed E-state index contributed by atoms with van der Waals surface area (Å²) in [6, 6.07) is 0. The summed E-state index contributed by atoms with van der Waals surface area (Å²) in [6.45, 7) is 0. The van der Waals surface area contributed by atoms with E-state index >= 15 is 0 Å². The number of rotatable bonds is 2. The molecule has 0 unspecified atom stereocenters. The van der Waals surface area contributed by atoms with E-state index in [9.17, 15) is 35.9 Å². The van der Waals surface area contributed by atoms with E-state index < -0.39 is 46.3 Å². The Hall–Kier alpha value is -0.750. The van der Waals surface area contributed by atoms with E-state index in [0.29, 0.717) is 0 Å². The van der Waals surface area contributed by atoms with E-state index in [1.54, 1.807) is 0 Å². The Morgan fingerprint density at radius 3 is 1.27 bits per heavy atom. The van der Waals surface area contributed by atoms with Gasteiger partial charge in [-0.15, -0.1) is 0 Å². The van der Waals surface area contributed by atoms with Crippen molar-refractivity contribution in [1.29, 1.82) is 0 Å². The zero-order valence-corrected chi connectivity index (χ0v) is 8.64. The van der Waals surface area contributed by atoms with Gasteiger partial charge in [0.1, 0.15) is 0 Å². The van der Waals surface area contributed by atoms with Crippen molar-refractivity contribution in [3.05, 3.63) is 0 Å². The molecule has 0 radical (unpaired) electrons. The molecule has 0 aliphatic rings. The van der Waals surface area contributed by atoms with Gasteiger partial charge >= 0.3 is 88.4 Å². The Bertz CT molecular complexity index is 231. The van der Waals surface area contributed by atoms with Gasteiger partial charge in [-0.2, -0.15) is 0 Å². The van der Waals surface area contributed by atoms with Crippen molar-refractivity contribution >= 4 is 34.0 Å². The van der Waals surface area contributed by atoms with Crippen molar-refractivity contribution in [3.63, 3.8) is 0 Å². The first-order valence-electron chi connectivity index (χ1n) is 2.78. The van der Waals surface area contributed by atoms with Crippen molar-refractivity contribution in [2.45, 2.75) is 12.4 Å². The molecule has 0 saturated carbocycles. The van der Waals surface area contributed by atoms with Gasteiger partial charge in [0.15, 0.2) is 0 Å². The zero-order chi connectivity index (χ0) is 12.3. The second kappa shape index (κ2) is 4.85. The fourth-order valence-electron chi connectivity index (χ4n) is 0.173. The Morgan fingerprint density at radius 1 is 0.800 bits per heavy atom. The van der Waals surface area contributed by atoms with Crippen LogP contribution in [0, 0.1) is 0 Å². The summed E-state index contributed by atoms with van der Waals surface area (Å²) < 4.78 is 74.9. The summed E-state index contributed by atoms with van der Waals surface area (Å²) in [4.78, 5) is 19.8. The van der Waals surface area contributed by atoms with Crippen LogP contribution in [0.5, 0.6) is 0 Å². The summed E-state index contributed by atoms with van der Waals surface area (Å²) in [5.41, 5.74) is 0. The van der Waals surface area contributed by atoms with Crippen LogP contribution in [0.25, 0.3) is 0 Å². The molecule has 15 heavy (non-hydrogen) atoms. The monoisotopic (exact) mass is 354 g/mol. The third-order valence-electron chi connectivity index (χ3n) is 0.682. The van der Waals surface area contributed by atoms with Crippen LogP contribution >= 0.6 is 22.0 Å². The third kappa shape index (κ3) is 5.64. The third-order valence-corrected chi connectivity index (χ3v) is 1.93. The molecule has 4 nitrogen and oxygen atoms in total. The van der Waals surface area contributed by atoms with Crippen LogP contribution in [0.15, 0.2) is 0 Å². The molecule has 0 amide bonds. The zero-order valence-electron chi connectivity index (χ0n) is 6.31. The van der Waals surface area contributed by atoms with Gasteiger partial charge in [-0.1, -0.05) is 0 Å². The van der Waals surface area contributed by atoms with Crippen molar-refractivity contribution in [1.82, 2.24) is 0 Å². The average Bonchev–Trinajstić information content (AvgIpc) is 2.00. The van der Waals surface area contributed by atoms with Crippen LogP contribution in [-0.4, -0.2) is 24.3 Å². The van der Waals surface area contributed by atoms with Crippen LogP contribution in [-0.2, 0) is 15.7 Å². The van der Waals surface area contributed by atoms with E-state index in [4.69, 9.17) is 0 Å². The van der Waals surface area contributed by atoms with Gasteiger partial charge in [-0.3, -0.25) is 0 Å². The van der Waals surface area contributed by atoms with Gasteiger partial charge in [0.25, 0.3) is 0 Å².